The number of nitrogens with one attached hydrogen (secondary N) is 1. The Labute approximate surface area is 101 Å². The van der Waals surface area contributed by atoms with Crippen molar-refractivity contribution in [2.24, 2.45) is 11.8 Å². The molecule has 2 saturated heterocycles. The number of fused-ring (bicyclic) bond motifs is 1. The van der Waals surface area contributed by atoms with E-state index in [-0.39, 0.29) is 0 Å². The van der Waals surface area contributed by atoms with Crippen LogP contribution in [0.1, 0.15) is 11.5 Å². The minimum absolute atomic E-state index is 0.712. The monoisotopic (exact) mass is 231 g/mol. The van der Waals surface area contributed by atoms with Crippen molar-refractivity contribution in [3.63, 3.8) is 0 Å². The molecule has 2 atom stereocenters. The van der Waals surface area contributed by atoms with Gasteiger partial charge in [-0.15, -0.1) is 0 Å². The first kappa shape index (κ1) is 10.6. The molecule has 2 unspecified atom stereocenters. The van der Waals surface area contributed by atoms with Crippen LogP contribution < -0.4 is 10.2 Å². The molecule has 0 aliphatic carbocycles. The van der Waals surface area contributed by atoms with Gasteiger partial charge in [-0.25, -0.2) is 0 Å². The molecule has 4 nitrogen and oxygen atoms in total. The highest BCUT2D eigenvalue weighted by atomic mass is 16.4. The van der Waals surface area contributed by atoms with E-state index < -0.39 is 0 Å². The van der Waals surface area contributed by atoms with Crippen molar-refractivity contribution < 1.29 is 4.42 Å². The Balaban J connectivity index is 1.83. The molecule has 17 heavy (non-hydrogen) atoms. The predicted octanol–water partition coefficient (Wildman–Crippen LogP) is 1.62. The van der Waals surface area contributed by atoms with Crippen molar-refractivity contribution in [3.05, 3.63) is 24.6 Å². The summed E-state index contributed by atoms with van der Waals surface area (Å²) in [7, 11) is 0. The first-order valence-electron chi connectivity index (χ1n) is 6.03. The third-order valence-electron chi connectivity index (χ3n) is 3.71. The van der Waals surface area contributed by atoms with E-state index in [2.05, 4.69) is 28.4 Å². The van der Waals surface area contributed by atoms with Crippen LogP contribution in [0.15, 0.2) is 17.6 Å². The van der Waals surface area contributed by atoms with Gasteiger partial charge in [0.15, 0.2) is 5.76 Å². The summed E-state index contributed by atoms with van der Waals surface area (Å²) in [4.78, 5) is 6.69. The Morgan fingerprint density at radius 1 is 1.24 bits per heavy atom. The number of rotatable bonds is 3. The fraction of sp³-hybridized carbons (Fsp3) is 0.462. The largest absolute Gasteiger partial charge is 0.423 e. The van der Waals surface area contributed by atoms with E-state index in [1.165, 1.54) is 0 Å². The van der Waals surface area contributed by atoms with Crippen LogP contribution in [0.25, 0.3) is 12.2 Å². The lowest BCUT2D eigenvalue weighted by Gasteiger charge is -2.13. The molecule has 1 aromatic heterocycles. The van der Waals surface area contributed by atoms with E-state index in [4.69, 9.17) is 4.42 Å². The molecule has 0 amide bonds. The first-order valence-corrected chi connectivity index (χ1v) is 6.03. The number of nitrogens with zero attached hydrogens (tertiary/aromatic N) is 2. The zero-order chi connectivity index (χ0) is 11.8. The van der Waals surface area contributed by atoms with Crippen LogP contribution in [0.4, 0.5) is 6.01 Å². The summed E-state index contributed by atoms with van der Waals surface area (Å²) in [6, 6.07) is 0.712. The van der Waals surface area contributed by atoms with Gasteiger partial charge in [0.25, 0.3) is 6.01 Å². The Kier molecular flexibility index (Phi) is 2.52. The summed E-state index contributed by atoms with van der Waals surface area (Å²) in [5.74, 6) is 2.19. The van der Waals surface area contributed by atoms with E-state index >= 15 is 0 Å². The van der Waals surface area contributed by atoms with Crippen LogP contribution in [0, 0.1) is 11.8 Å². The lowest BCUT2D eigenvalue weighted by Crippen LogP contribution is -2.25. The zero-order valence-electron chi connectivity index (χ0n) is 9.85. The van der Waals surface area contributed by atoms with Crippen LogP contribution >= 0.6 is 0 Å². The van der Waals surface area contributed by atoms with E-state index in [9.17, 15) is 0 Å². The number of hydrogen-bond acceptors (Lipinski definition) is 4. The normalized spacial score (nSPS) is 27.2. The molecule has 4 heteroatoms. The van der Waals surface area contributed by atoms with Crippen LogP contribution in [-0.4, -0.2) is 31.2 Å². The predicted molar refractivity (Wildman–Crippen MR) is 68.7 cm³/mol. The molecule has 1 aromatic rings. The third kappa shape index (κ3) is 1.69. The summed E-state index contributed by atoms with van der Waals surface area (Å²) in [6.07, 6.45) is 3.40. The summed E-state index contributed by atoms with van der Waals surface area (Å²) >= 11 is 0. The van der Waals surface area contributed by atoms with Gasteiger partial charge in [-0.05, 0) is 24.0 Å². The summed E-state index contributed by atoms with van der Waals surface area (Å²) in [5.41, 5.74) is 0.783. The van der Waals surface area contributed by atoms with Gasteiger partial charge in [-0.3, -0.25) is 0 Å². The maximum absolute atomic E-state index is 5.71. The minimum atomic E-state index is 0.712. The molecular formula is C13H17N3O. The van der Waals surface area contributed by atoms with Gasteiger partial charge >= 0.3 is 0 Å². The molecule has 2 fully saturated rings. The Morgan fingerprint density at radius 3 is 2.47 bits per heavy atom. The quantitative estimate of drug-likeness (QED) is 0.858. The average molecular weight is 231 g/mol. The molecule has 2 aliphatic heterocycles. The Hall–Kier alpha value is -1.55. The van der Waals surface area contributed by atoms with E-state index in [0.29, 0.717) is 11.8 Å². The smallest absolute Gasteiger partial charge is 0.298 e. The molecule has 3 heterocycles. The molecule has 90 valence electrons. The zero-order valence-corrected chi connectivity index (χ0v) is 9.85. The van der Waals surface area contributed by atoms with Crippen molar-refractivity contribution >= 4 is 18.2 Å². The van der Waals surface area contributed by atoms with E-state index in [1.807, 2.05) is 0 Å². The lowest BCUT2D eigenvalue weighted by atomic mass is 10.0. The second-order valence-corrected chi connectivity index (χ2v) is 4.74. The number of oxazole rings is 1. The van der Waals surface area contributed by atoms with Crippen LogP contribution in [0.5, 0.6) is 0 Å². The van der Waals surface area contributed by atoms with Crippen LogP contribution in [0.3, 0.4) is 0 Å². The minimum Gasteiger partial charge on any atom is -0.423 e. The van der Waals surface area contributed by atoms with Crippen molar-refractivity contribution in [1.82, 2.24) is 10.3 Å². The molecule has 0 radical (unpaired) electrons. The fourth-order valence-electron chi connectivity index (χ4n) is 2.77. The molecule has 0 bridgehead atoms. The lowest BCUT2D eigenvalue weighted by molar-refractivity contribution is 0.531. The van der Waals surface area contributed by atoms with Crippen molar-refractivity contribution in [2.75, 3.05) is 31.1 Å². The van der Waals surface area contributed by atoms with Crippen molar-refractivity contribution in [2.45, 2.75) is 0 Å². The van der Waals surface area contributed by atoms with Gasteiger partial charge in [0.2, 0.25) is 0 Å². The van der Waals surface area contributed by atoms with Gasteiger partial charge in [-0.2, -0.15) is 4.98 Å². The number of hydrogen-bond donors (Lipinski definition) is 1. The molecule has 1 N–H and O–H groups in total. The molecule has 2 aliphatic rings. The fourth-order valence-corrected chi connectivity index (χ4v) is 2.77. The number of aromatic nitrogens is 1. The first-order chi connectivity index (χ1) is 8.31. The van der Waals surface area contributed by atoms with Crippen molar-refractivity contribution in [1.29, 1.82) is 0 Å². The van der Waals surface area contributed by atoms with Gasteiger partial charge in [-0.1, -0.05) is 13.2 Å². The second kappa shape index (κ2) is 4.04. The van der Waals surface area contributed by atoms with Gasteiger partial charge in [0.05, 0.1) is 0 Å². The number of anilines is 1. The highest BCUT2D eigenvalue weighted by molar-refractivity contribution is 5.58. The maximum Gasteiger partial charge on any atom is 0.298 e. The summed E-state index contributed by atoms with van der Waals surface area (Å²) in [5, 5.41) is 3.43. The molecule has 0 spiro atoms. The van der Waals surface area contributed by atoms with Crippen LogP contribution in [0.2, 0.25) is 0 Å². The van der Waals surface area contributed by atoms with Gasteiger partial charge < -0.3 is 14.6 Å². The van der Waals surface area contributed by atoms with Gasteiger partial charge in [0.1, 0.15) is 5.69 Å². The highest BCUT2D eigenvalue weighted by Gasteiger charge is 2.37. The Bertz CT molecular complexity index is 414. The van der Waals surface area contributed by atoms with Crippen LogP contribution in [-0.2, 0) is 0 Å². The average Bonchev–Trinajstić information content (AvgIpc) is 3.00. The topological polar surface area (TPSA) is 41.3 Å². The van der Waals surface area contributed by atoms with E-state index in [1.54, 1.807) is 12.2 Å². The van der Waals surface area contributed by atoms with E-state index in [0.717, 1.165) is 43.7 Å². The maximum atomic E-state index is 5.71. The third-order valence-corrected chi connectivity index (χ3v) is 3.71. The molecule has 0 aromatic carbocycles. The summed E-state index contributed by atoms with van der Waals surface area (Å²) in [6.45, 7) is 11.8. The molecule has 0 saturated carbocycles. The Morgan fingerprint density at radius 2 is 1.94 bits per heavy atom. The van der Waals surface area contributed by atoms with Crippen molar-refractivity contribution in [3.8, 4) is 0 Å². The molecule has 3 rings (SSSR count). The molecular weight excluding hydrogens is 214 g/mol. The van der Waals surface area contributed by atoms with Gasteiger partial charge in [0, 0.05) is 26.2 Å². The standard InChI is InChI=1S/C13H17N3O/c1-3-11-12(4-2)17-13(15-11)16-7-9-5-14-6-10(9)8-16/h3-4,9-10,14H,1-2,5-8H2. The highest BCUT2D eigenvalue weighted by Crippen LogP contribution is 2.31. The summed E-state index contributed by atoms with van der Waals surface area (Å²) < 4.78 is 5.71. The SMILES string of the molecule is C=Cc1nc(N2CC3CNCC3C2)oc1C=C. The second-order valence-electron chi connectivity index (χ2n) is 4.74.